The summed E-state index contributed by atoms with van der Waals surface area (Å²) in [5.41, 5.74) is 3.58. The largest absolute Gasteiger partial charge is 0.423 e. The molecule has 2 aliphatic rings. The molecule has 3 heterocycles. The van der Waals surface area contributed by atoms with Gasteiger partial charge in [0.2, 0.25) is 11.8 Å². The quantitative estimate of drug-likeness (QED) is 0.169. The van der Waals surface area contributed by atoms with Gasteiger partial charge in [-0.15, -0.1) is 11.3 Å². The normalized spacial score (nSPS) is 22.2. The van der Waals surface area contributed by atoms with Crippen molar-refractivity contribution >= 4 is 22.9 Å². The molecule has 0 bridgehead atoms. The van der Waals surface area contributed by atoms with E-state index < -0.39 is 0 Å². The van der Waals surface area contributed by atoms with Crippen LogP contribution in [0.2, 0.25) is 0 Å². The molecule has 5 nitrogen and oxygen atoms in total. The van der Waals surface area contributed by atoms with Crippen molar-refractivity contribution in [2.75, 3.05) is 44.0 Å². The Labute approximate surface area is 268 Å². The van der Waals surface area contributed by atoms with Crippen LogP contribution in [0.4, 0.5) is 11.6 Å². The van der Waals surface area contributed by atoms with E-state index in [4.69, 9.17) is 9.40 Å². The molecule has 1 aliphatic heterocycles. The van der Waals surface area contributed by atoms with E-state index in [1.54, 1.807) is 0 Å². The zero-order valence-corrected chi connectivity index (χ0v) is 27.9. The van der Waals surface area contributed by atoms with Crippen molar-refractivity contribution in [1.82, 2.24) is 9.88 Å². The van der Waals surface area contributed by atoms with Gasteiger partial charge in [0.15, 0.2) is 0 Å². The highest BCUT2D eigenvalue weighted by atomic mass is 32.1. The molecule has 1 saturated heterocycles. The molecule has 1 aliphatic carbocycles. The van der Waals surface area contributed by atoms with Gasteiger partial charge in [-0.25, -0.2) is 4.98 Å². The maximum Gasteiger partial charge on any atom is 0.220 e. The highest BCUT2D eigenvalue weighted by Gasteiger charge is 2.35. The van der Waals surface area contributed by atoms with E-state index in [9.17, 15) is 0 Å². The van der Waals surface area contributed by atoms with Crippen LogP contribution >= 0.6 is 11.3 Å². The van der Waals surface area contributed by atoms with Crippen molar-refractivity contribution in [1.29, 1.82) is 0 Å². The van der Waals surface area contributed by atoms with Crippen LogP contribution < -0.4 is 9.80 Å². The molecule has 234 valence electrons. The maximum atomic E-state index is 6.93. The number of nitrogens with zero attached hydrogens (tertiary/aromatic N) is 4. The minimum Gasteiger partial charge on any atom is -0.423 e. The highest BCUT2D eigenvalue weighted by Crippen LogP contribution is 2.44. The summed E-state index contributed by atoms with van der Waals surface area (Å²) in [6, 6.07) is 26.7. The number of anilines is 2. The first-order valence-corrected chi connectivity index (χ1v) is 17.6. The zero-order valence-electron chi connectivity index (χ0n) is 27.1. The van der Waals surface area contributed by atoms with Gasteiger partial charge in [-0.3, -0.25) is 0 Å². The molecule has 0 spiro atoms. The van der Waals surface area contributed by atoms with Crippen LogP contribution in [0.15, 0.2) is 82.6 Å². The van der Waals surface area contributed by atoms with Crippen LogP contribution in [0.25, 0.3) is 0 Å². The standard InChI is InChI=1S/C38H50N4OS/c1-28-13-11-23-42(27-28)38-33(25-29-14-7-5-8-15-29)39-37(43-38)34(41(4)32-16-9-6-10-17-32)26-30-19-21-31(22-20-30)36(40(2)3)35-18-12-24-44-35/h5-10,12,14-18,24,28,30-31,34,36H,11,13,19-23,25-27H2,1-4H3. The summed E-state index contributed by atoms with van der Waals surface area (Å²) in [5.74, 6) is 3.89. The molecule has 3 unspecified atom stereocenters. The Morgan fingerprint density at radius 3 is 2.30 bits per heavy atom. The molecule has 2 aromatic heterocycles. The molecular formula is C38H50N4OS. The second kappa shape index (κ2) is 14.3. The minimum absolute atomic E-state index is 0.0892. The number of hydrogen-bond donors (Lipinski definition) is 0. The zero-order chi connectivity index (χ0) is 30.5. The SMILES string of the molecule is CC1CCCN(c2oc(C(CC3CCC(C(c4cccs4)N(C)C)CC3)N(C)c3ccccc3)nc2Cc2ccccc2)C1. The predicted octanol–water partition coefficient (Wildman–Crippen LogP) is 9.24. The van der Waals surface area contributed by atoms with Crippen molar-refractivity contribution in [2.45, 2.75) is 70.4 Å². The van der Waals surface area contributed by atoms with Crippen LogP contribution in [0.3, 0.4) is 0 Å². The van der Waals surface area contributed by atoms with E-state index >= 15 is 0 Å². The first kappa shape index (κ1) is 30.9. The fourth-order valence-corrected chi connectivity index (χ4v) is 8.73. The maximum absolute atomic E-state index is 6.93. The predicted molar refractivity (Wildman–Crippen MR) is 185 cm³/mol. The van der Waals surface area contributed by atoms with Gasteiger partial charge in [-0.2, -0.15) is 0 Å². The summed E-state index contributed by atoms with van der Waals surface area (Å²) in [5, 5.41) is 2.22. The van der Waals surface area contributed by atoms with Crippen LogP contribution in [0, 0.1) is 17.8 Å². The molecule has 2 aromatic carbocycles. The molecule has 1 saturated carbocycles. The van der Waals surface area contributed by atoms with E-state index in [1.165, 1.54) is 54.7 Å². The summed E-state index contributed by atoms with van der Waals surface area (Å²) < 4.78 is 6.93. The van der Waals surface area contributed by atoms with Crippen molar-refractivity contribution in [3.63, 3.8) is 0 Å². The molecule has 3 atom stereocenters. The number of hydrogen-bond acceptors (Lipinski definition) is 6. The van der Waals surface area contributed by atoms with Crippen LogP contribution in [0.5, 0.6) is 0 Å². The smallest absolute Gasteiger partial charge is 0.220 e. The van der Waals surface area contributed by atoms with Crippen molar-refractivity contribution in [2.24, 2.45) is 17.8 Å². The number of benzene rings is 2. The number of piperidine rings is 1. The lowest BCUT2D eigenvalue weighted by molar-refractivity contribution is 0.144. The molecule has 6 heteroatoms. The first-order chi connectivity index (χ1) is 21.5. The van der Waals surface area contributed by atoms with Gasteiger partial charge >= 0.3 is 0 Å². The Kier molecular flexibility index (Phi) is 10.1. The fourth-order valence-electron chi connectivity index (χ4n) is 7.72. The van der Waals surface area contributed by atoms with Crippen LogP contribution in [-0.4, -0.2) is 44.1 Å². The first-order valence-electron chi connectivity index (χ1n) is 16.7. The number of thiophene rings is 1. The molecule has 4 aromatic rings. The lowest BCUT2D eigenvalue weighted by atomic mass is 9.75. The third-order valence-corrected chi connectivity index (χ3v) is 11.0. The summed E-state index contributed by atoms with van der Waals surface area (Å²) in [7, 11) is 6.73. The summed E-state index contributed by atoms with van der Waals surface area (Å²) in [4.78, 5) is 14.2. The Bertz CT molecular complexity index is 1410. The van der Waals surface area contributed by atoms with Gasteiger partial charge in [0, 0.05) is 43.2 Å². The van der Waals surface area contributed by atoms with E-state index in [-0.39, 0.29) is 6.04 Å². The summed E-state index contributed by atoms with van der Waals surface area (Å²) in [6.07, 6.45) is 9.41. The molecule has 0 N–H and O–H groups in total. The highest BCUT2D eigenvalue weighted by molar-refractivity contribution is 7.10. The average molecular weight is 611 g/mol. The van der Waals surface area contributed by atoms with Gasteiger partial charge in [0.05, 0.1) is 0 Å². The van der Waals surface area contributed by atoms with Crippen molar-refractivity contribution in [3.05, 3.63) is 100 Å². The van der Waals surface area contributed by atoms with Crippen LogP contribution in [-0.2, 0) is 6.42 Å². The number of aromatic nitrogens is 1. The molecule has 6 rings (SSSR count). The average Bonchev–Trinajstić information content (AvgIpc) is 3.72. The molecule has 2 fully saturated rings. The lowest BCUT2D eigenvalue weighted by Crippen LogP contribution is -2.34. The van der Waals surface area contributed by atoms with Crippen LogP contribution in [0.1, 0.15) is 86.0 Å². The third kappa shape index (κ3) is 7.24. The minimum atomic E-state index is 0.0892. The Morgan fingerprint density at radius 1 is 0.909 bits per heavy atom. The molecule has 0 radical (unpaired) electrons. The van der Waals surface area contributed by atoms with E-state index in [1.807, 2.05) is 11.3 Å². The second-order valence-corrected chi connectivity index (χ2v) is 14.5. The molecule has 44 heavy (non-hydrogen) atoms. The van der Waals surface area contributed by atoms with Crippen molar-refractivity contribution < 1.29 is 4.42 Å². The number of rotatable bonds is 11. The second-order valence-electron chi connectivity index (χ2n) is 13.6. The Morgan fingerprint density at radius 2 is 1.64 bits per heavy atom. The molecular weight excluding hydrogens is 561 g/mol. The van der Waals surface area contributed by atoms with Gasteiger partial charge in [0.25, 0.3) is 0 Å². The van der Waals surface area contributed by atoms with Gasteiger partial charge in [-0.1, -0.05) is 74.4 Å². The monoisotopic (exact) mass is 610 g/mol. The number of oxazole rings is 1. The molecule has 0 amide bonds. The topological polar surface area (TPSA) is 35.8 Å². The van der Waals surface area contributed by atoms with E-state index in [0.717, 1.165) is 43.4 Å². The van der Waals surface area contributed by atoms with Gasteiger partial charge < -0.3 is 19.1 Å². The number of para-hydroxylation sites is 1. The van der Waals surface area contributed by atoms with Gasteiger partial charge in [0.1, 0.15) is 11.7 Å². The lowest BCUT2D eigenvalue weighted by Gasteiger charge is -2.38. The third-order valence-electron chi connectivity index (χ3n) is 10.1. The Hall–Kier alpha value is -3.09. The Balaban J connectivity index is 1.27. The van der Waals surface area contributed by atoms with E-state index in [0.29, 0.717) is 23.8 Å². The summed E-state index contributed by atoms with van der Waals surface area (Å²) in [6.45, 7) is 4.44. The van der Waals surface area contributed by atoms with E-state index in [2.05, 4.69) is 121 Å². The summed E-state index contributed by atoms with van der Waals surface area (Å²) >= 11 is 1.91. The van der Waals surface area contributed by atoms with Crippen molar-refractivity contribution in [3.8, 4) is 0 Å². The fraction of sp³-hybridized carbons (Fsp3) is 0.500. The van der Waals surface area contributed by atoms with Gasteiger partial charge in [-0.05, 0) is 93.1 Å².